The smallest absolute Gasteiger partial charge is 0.273 e. The summed E-state index contributed by atoms with van der Waals surface area (Å²) in [5.41, 5.74) is 11.4. The molecule has 0 bridgehead atoms. The Morgan fingerprint density at radius 2 is 0.939 bits per heavy atom. The van der Waals surface area contributed by atoms with Crippen LogP contribution in [-0.4, -0.2) is 178 Å². The van der Waals surface area contributed by atoms with Crippen molar-refractivity contribution in [2.45, 2.75) is 141 Å². The van der Waals surface area contributed by atoms with Crippen LogP contribution in [0, 0.1) is 42.9 Å². The molecular weight excluding hydrogens is 1790 g/mol. The van der Waals surface area contributed by atoms with Crippen LogP contribution in [0.2, 0.25) is 10.0 Å². The summed E-state index contributed by atoms with van der Waals surface area (Å²) in [4.78, 5) is 86.1. The number of halogens is 2. The fourth-order valence-corrected chi connectivity index (χ4v) is 25.3. The van der Waals surface area contributed by atoms with Gasteiger partial charge in [0.2, 0.25) is 0 Å². The van der Waals surface area contributed by atoms with E-state index in [0.717, 1.165) is 148 Å². The average Bonchev–Trinajstić information content (AvgIpc) is 0.848. The number of nitrogens with zero attached hydrogens (tertiary/aromatic N) is 10. The number of nitrogens with one attached hydrogen (secondary N) is 4. The van der Waals surface area contributed by atoms with E-state index in [9.17, 15) is 59.9 Å². The zero-order chi connectivity index (χ0) is 92.7. The van der Waals surface area contributed by atoms with Crippen molar-refractivity contribution < 1.29 is 59.0 Å². The van der Waals surface area contributed by atoms with Gasteiger partial charge in [0, 0.05) is 192 Å². The molecule has 4 N–H and O–H groups in total. The number of hydrogen-bond donors (Lipinski definition) is 4. The van der Waals surface area contributed by atoms with Crippen molar-refractivity contribution >= 4 is 136 Å². The van der Waals surface area contributed by atoms with E-state index in [0.29, 0.717) is 97.2 Å². The van der Waals surface area contributed by atoms with Gasteiger partial charge >= 0.3 is 0 Å². The first-order chi connectivity index (χ1) is 62.5. The van der Waals surface area contributed by atoms with Crippen LogP contribution in [0.1, 0.15) is 162 Å². The number of fused-ring (bicyclic) bond motifs is 2. The third kappa shape index (κ3) is 23.8. The van der Waals surface area contributed by atoms with Gasteiger partial charge in [0.15, 0.2) is 0 Å². The molecule has 4 aromatic heterocycles. The van der Waals surface area contributed by atoms with E-state index in [4.69, 9.17) is 32.7 Å². The van der Waals surface area contributed by atoms with Gasteiger partial charge in [-0.05, 0) is 227 Å². The number of carbonyl (C=O) groups is 3. The first kappa shape index (κ1) is 94.7. The van der Waals surface area contributed by atoms with Gasteiger partial charge < -0.3 is 29.2 Å². The van der Waals surface area contributed by atoms with Crippen LogP contribution in [0.25, 0.3) is 33.2 Å². The van der Waals surface area contributed by atoms with Crippen LogP contribution in [0.3, 0.4) is 0 Å². The first-order valence-electron chi connectivity index (χ1n) is 44.5. The quantitative estimate of drug-likeness (QED) is 0.0274. The third-order valence-electron chi connectivity index (χ3n) is 26.0. The molecule has 0 spiro atoms. The average molecular weight is 1900 g/mol. The van der Waals surface area contributed by atoms with Crippen molar-refractivity contribution in [2.24, 2.45) is 31.4 Å². The monoisotopic (exact) mass is 1900 g/mol. The lowest BCUT2D eigenvalue weighted by Crippen LogP contribution is -2.47. The lowest BCUT2D eigenvalue weighted by Gasteiger charge is -2.39. The second-order valence-corrected chi connectivity index (χ2v) is 45.9. The van der Waals surface area contributed by atoms with Crippen molar-refractivity contribution in [3.63, 3.8) is 0 Å². The number of aromatic amines is 2. The Balaban J connectivity index is 0.000000201. The topological polar surface area (TPSA) is 377 Å². The fraction of sp³-hybridized carbons (Fsp3) is 0.406. The minimum atomic E-state index is -4.60. The number of pyridine rings is 2. The molecule has 16 rings (SSSR count). The van der Waals surface area contributed by atoms with Gasteiger partial charge in [0.1, 0.15) is 34.3 Å². The van der Waals surface area contributed by atoms with Gasteiger partial charge in [0.05, 0.1) is 52.9 Å². The Labute approximate surface area is 774 Å². The summed E-state index contributed by atoms with van der Waals surface area (Å²) >= 11 is 12.5. The molecular formula is C96H110Cl2N14O15S4. The molecule has 4 fully saturated rings. The van der Waals surface area contributed by atoms with Crippen LogP contribution < -0.4 is 28.7 Å². The van der Waals surface area contributed by atoms with E-state index in [1.807, 2.05) is 43.3 Å². The van der Waals surface area contributed by atoms with Crippen molar-refractivity contribution in [1.82, 2.24) is 39.2 Å². The first-order valence-corrected chi connectivity index (χ1v) is 51.9. The highest BCUT2D eigenvalue weighted by atomic mass is 35.5. The second-order valence-electron chi connectivity index (χ2n) is 36.5. The molecule has 0 unspecified atom stereocenters. The van der Waals surface area contributed by atoms with Gasteiger partial charge in [-0.25, -0.2) is 49.0 Å². The molecule has 8 heterocycles. The fourth-order valence-electron chi connectivity index (χ4n) is 18.5. The summed E-state index contributed by atoms with van der Waals surface area (Å²) in [5, 5.41) is 27.5. The number of aryl methyl sites for hydroxylation is 2. The Hall–Kier alpha value is -10.9. The number of nitro benzene ring substituents is 2. The van der Waals surface area contributed by atoms with E-state index >= 15 is 0 Å². The molecule has 35 heteroatoms. The molecule has 29 nitrogen and oxygen atoms in total. The molecule has 4 aliphatic heterocycles. The highest BCUT2D eigenvalue weighted by molar-refractivity contribution is 7.94. The summed E-state index contributed by atoms with van der Waals surface area (Å²) in [6, 6.07) is 41.0. The molecule has 692 valence electrons. The van der Waals surface area contributed by atoms with Gasteiger partial charge in [-0.2, -0.15) is 4.36 Å². The number of sulfonamides is 2. The SMILES string of the molecule is CC(=O)N=S1(=O)CCC(CCc2ccc(S(=O)(=O)NC(=O)c3ccc(N4CCN(CC5=C(c6ccc(Cl)cc6)CC(C)(C)CC5)CC4)cc3Oc3cnc4[nH]ccc4c3)cc2[N+](=O)[O-])CC1.CCN=S1(=O)CCC(CCc2ccc(S(=O)(=O)NC(=O)c3ccc(N4CCN(CC5=C(c6ccc(Cl)cc6)CC(C)(C)CC5)CC4)cc3Oc3cnc4[nH]ccc4c3)cc2[N+](=O)[O-])CC1. The van der Waals surface area contributed by atoms with Gasteiger partial charge in [-0.1, -0.05) is 98.4 Å². The summed E-state index contributed by atoms with van der Waals surface area (Å²) in [6.45, 7) is 20.8. The standard InChI is InChI=1S/C48H54ClN7O8S2.C48H56ClN7O7S2/c1-32(57)52-65(61)24-16-33(17-25-65)4-5-35-8-12-41(28-44(35)56(59)60)66(62,63)53-47(58)42-13-11-39(27-45(42)64-40-26-36-15-19-50-46(36)51-30-40)55-22-20-54(21-23-55)31-37-14-18-48(2,3)29-43(37)34-6-9-38(49)10-7-34;1-4-52-64(60)25-17-33(18-26-64)5-6-35-9-13-41(29-44(35)56(58)59)65(61,62)53-47(57)42-14-12-39(28-45(42)63-40-27-36-16-20-50-46(36)51-31-40)55-23-21-54(22-24-55)32-37-15-19-48(2,3)30-43(37)34-7-10-38(49)11-8-34/h6-13,15,19,26-28,30,33H,4-5,14,16-18,20-25,29,31H2,1-3H3,(H,50,51)(H,53,58);7-14,16,20,27-29,31,33H,4-6,15,17-19,21-26,30,32H2,1-3H3,(H,50,51)(H,53,57). The van der Waals surface area contributed by atoms with Gasteiger partial charge in [0.25, 0.3) is 49.1 Å². The second kappa shape index (κ2) is 40.3. The Morgan fingerprint density at radius 1 is 0.542 bits per heavy atom. The predicted molar refractivity (Wildman–Crippen MR) is 514 cm³/mol. The number of carbonyl (C=O) groups excluding carboxylic acids is 3. The van der Waals surface area contributed by atoms with Gasteiger partial charge in [-0.15, -0.1) is 0 Å². The highest BCUT2D eigenvalue weighted by Gasteiger charge is 2.36. The molecule has 0 saturated carbocycles. The molecule has 131 heavy (non-hydrogen) atoms. The molecule has 6 aliphatic rings. The Morgan fingerprint density at radius 3 is 1.32 bits per heavy atom. The minimum Gasteiger partial charge on any atom is -0.455 e. The van der Waals surface area contributed by atoms with E-state index in [1.54, 1.807) is 54.9 Å². The molecule has 4 saturated heterocycles. The summed E-state index contributed by atoms with van der Waals surface area (Å²) in [5.74, 6) is 0.467. The third-order valence-corrected chi connectivity index (χ3v) is 33.9. The highest BCUT2D eigenvalue weighted by Crippen LogP contribution is 2.47. The molecule has 0 atom stereocenters. The summed E-state index contributed by atoms with van der Waals surface area (Å²) < 4.78 is 106. The molecule has 10 aromatic rings. The largest absolute Gasteiger partial charge is 0.455 e. The molecule has 3 amide bonds. The van der Waals surface area contributed by atoms with Crippen LogP contribution in [0.5, 0.6) is 23.0 Å². The number of H-pyrrole nitrogens is 2. The predicted octanol–water partition coefficient (Wildman–Crippen LogP) is 18.8. The number of anilines is 2. The number of hydrogen-bond acceptors (Lipinski definition) is 22. The van der Waals surface area contributed by atoms with Crippen LogP contribution in [0.15, 0.2) is 200 Å². The number of allylic oxidation sites excluding steroid dienone is 2. The number of piperazine rings is 2. The van der Waals surface area contributed by atoms with Crippen LogP contribution in [-0.2, 0) is 57.1 Å². The van der Waals surface area contributed by atoms with Gasteiger partial charge in [-0.3, -0.25) is 44.4 Å². The van der Waals surface area contributed by atoms with Crippen molar-refractivity contribution in [3.05, 3.63) is 245 Å². The summed E-state index contributed by atoms with van der Waals surface area (Å²) in [7, 11) is -13.9. The van der Waals surface area contributed by atoms with E-state index in [1.165, 1.54) is 83.1 Å². The number of aromatic nitrogens is 4. The summed E-state index contributed by atoms with van der Waals surface area (Å²) in [6.07, 6.45) is 17.3. The normalized spacial score (nSPS) is 20.3. The zero-order valence-electron chi connectivity index (χ0n) is 74.3. The van der Waals surface area contributed by atoms with Crippen LogP contribution in [0.4, 0.5) is 22.7 Å². The Kier molecular flexibility index (Phi) is 29.1. The van der Waals surface area contributed by atoms with E-state index in [-0.39, 0.29) is 74.6 Å². The van der Waals surface area contributed by atoms with Crippen molar-refractivity contribution in [2.75, 3.05) is 105 Å². The van der Waals surface area contributed by atoms with E-state index in [2.05, 4.69) is 110 Å². The lowest BCUT2D eigenvalue weighted by atomic mass is 9.72. The van der Waals surface area contributed by atoms with Crippen LogP contribution >= 0.6 is 23.2 Å². The van der Waals surface area contributed by atoms with E-state index < -0.39 is 76.9 Å². The minimum absolute atomic E-state index is 0.0405. The number of ether oxygens (including phenoxy) is 2. The number of amides is 3. The zero-order valence-corrected chi connectivity index (χ0v) is 79.1. The molecule has 2 aliphatic carbocycles. The molecule has 0 radical (unpaired) electrons. The Bertz CT molecular complexity index is 6580. The number of benzene rings is 6. The maximum absolute atomic E-state index is 14.0. The number of rotatable bonds is 27. The van der Waals surface area contributed by atoms with Crippen molar-refractivity contribution in [1.29, 1.82) is 0 Å². The maximum Gasteiger partial charge on any atom is 0.273 e. The molecule has 6 aromatic carbocycles. The lowest BCUT2D eigenvalue weighted by molar-refractivity contribution is -0.385. The van der Waals surface area contributed by atoms with Crippen molar-refractivity contribution in [3.8, 4) is 23.0 Å². The number of nitro groups is 2. The maximum atomic E-state index is 14.0.